The number of primary amides is 1. The Morgan fingerprint density at radius 3 is 2.59 bits per heavy atom. The molecular formula is C11H10N4O2. The second kappa shape index (κ2) is 4.09. The van der Waals surface area contributed by atoms with E-state index in [9.17, 15) is 9.59 Å². The van der Waals surface area contributed by atoms with Gasteiger partial charge in [0.05, 0.1) is 0 Å². The van der Waals surface area contributed by atoms with Crippen LogP contribution in [-0.4, -0.2) is 15.9 Å². The number of benzene rings is 1. The van der Waals surface area contributed by atoms with Crippen molar-refractivity contribution in [2.45, 2.75) is 0 Å². The molecule has 0 radical (unpaired) electrons. The summed E-state index contributed by atoms with van der Waals surface area (Å²) in [6.45, 7) is 0. The predicted octanol–water partition coefficient (Wildman–Crippen LogP) is 0.118. The summed E-state index contributed by atoms with van der Waals surface area (Å²) >= 11 is 0. The first-order valence-electron chi connectivity index (χ1n) is 4.83. The van der Waals surface area contributed by atoms with E-state index in [2.05, 4.69) is 9.97 Å². The van der Waals surface area contributed by atoms with Gasteiger partial charge in [0, 0.05) is 17.4 Å². The quantitative estimate of drug-likeness (QED) is 0.635. The second-order valence-electron chi connectivity index (χ2n) is 3.43. The first kappa shape index (κ1) is 10.9. The summed E-state index contributed by atoms with van der Waals surface area (Å²) < 4.78 is 0. The lowest BCUT2D eigenvalue weighted by Gasteiger charge is -2.04. The average Bonchev–Trinajstić information content (AvgIpc) is 2.29. The maximum atomic E-state index is 11.5. The van der Waals surface area contributed by atoms with Crippen LogP contribution < -0.4 is 17.0 Å². The molecule has 0 saturated heterocycles. The molecule has 1 amide bonds. The molecule has 2 aromatic rings. The Balaban J connectivity index is 2.57. The Hall–Kier alpha value is -2.63. The lowest BCUT2D eigenvalue weighted by molar-refractivity contribution is 0.0998. The van der Waals surface area contributed by atoms with E-state index in [0.29, 0.717) is 17.1 Å². The number of rotatable bonds is 2. The van der Waals surface area contributed by atoms with E-state index in [0.717, 1.165) is 6.20 Å². The molecule has 0 unspecified atom stereocenters. The van der Waals surface area contributed by atoms with Gasteiger partial charge in [-0.25, -0.2) is 4.98 Å². The summed E-state index contributed by atoms with van der Waals surface area (Å²) in [4.78, 5) is 28.8. The highest BCUT2D eigenvalue weighted by Crippen LogP contribution is 2.20. The third-order valence-corrected chi connectivity index (χ3v) is 2.28. The lowest BCUT2D eigenvalue weighted by Crippen LogP contribution is -2.24. The van der Waals surface area contributed by atoms with Gasteiger partial charge >= 0.3 is 0 Å². The zero-order chi connectivity index (χ0) is 12.4. The highest BCUT2D eigenvalue weighted by atomic mass is 16.2. The number of aromatic amines is 1. The minimum absolute atomic E-state index is 0.178. The largest absolute Gasteiger partial charge is 0.398 e. The van der Waals surface area contributed by atoms with Crippen molar-refractivity contribution in [3.63, 3.8) is 0 Å². The van der Waals surface area contributed by atoms with Gasteiger partial charge in [-0.3, -0.25) is 9.59 Å². The number of hydrogen-bond donors (Lipinski definition) is 3. The van der Waals surface area contributed by atoms with Crippen LogP contribution in [0.15, 0.2) is 35.3 Å². The fourth-order valence-electron chi connectivity index (χ4n) is 1.42. The first-order valence-corrected chi connectivity index (χ1v) is 4.83. The number of carbonyl (C=O) groups is 1. The molecule has 1 aromatic heterocycles. The smallest absolute Gasteiger partial charge is 0.264 e. The van der Waals surface area contributed by atoms with Crippen molar-refractivity contribution in [1.29, 1.82) is 0 Å². The molecule has 0 fully saturated rings. The molecule has 6 heteroatoms. The topological polar surface area (TPSA) is 115 Å². The fraction of sp³-hybridized carbons (Fsp3) is 0. The van der Waals surface area contributed by atoms with Gasteiger partial charge in [-0.05, 0) is 12.1 Å². The number of anilines is 1. The zero-order valence-corrected chi connectivity index (χ0v) is 8.81. The molecule has 1 heterocycles. The third kappa shape index (κ3) is 2.00. The molecule has 5 N–H and O–H groups in total. The van der Waals surface area contributed by atoms with Crippen molar-refractivity contribution in [2.24, 2.45) is 5.73 Å². The normalized spacial score (nSPS) is 10.1. The number of hydrogen-bond acceptors (Lipinski definition) is 4. The molecule has 0 aliphatic heterocycles. The number of carbonyl (C=O) groups excluding carboxylic acids is 1. The standard InChI is InChI=1S/C11H10N4O2/c12-8-4-2-1-3-6(8)10-14-5-7(9(13)16)11(17)15-10/h1-5H,12H2,(H2,13,16)(H,14,15,17). The molecule has 6 nitrogen and oxygen atoms in total. The van der Waals surface area contributed by atoms with Crippen LogP contribution in [0, 0.1) is 0 Å². The van der Waals surface area contributed by atoms with E-state index < -0.39 is 11.5 Å². The fourth-order valence-corrected chi connectivity index (χ4v) is 1.42. The van der Waals surface area contributed by atoms with E-state index in [4.69, 9.17) is 11.5 Å². The Bertz CT molecular complexity index is 633. The van der Waals surface area contributed by atoms with Crippen molar-refractivity contribution in [3.8, 4) is 11.4 Å². The summed E-state index contributed by atoms with van der Waals surface area (Å²) in [7, 11) is 0. The van der Waals surface area contributed by atoms with Crippen molar-refractivity contribution in [3.05, 3.63) is 46.4 Å². The van der Waals surface area contributed by atoms with Crippen molar-refractivity contribution in [1.82, 2.24) is 9.97 Å². The van der Waals surface area contributed by atoms with E-state index in [1.165, 1.54) is 0 Å². The first-order chi connectivity index (χ1) is 8.09. The van der Waals surface area contributed by atoms with Crippen LogP contribution in [0.4, 0.5) is 5.69 Å². The van der Waals surface area contributed by atoms with E-state index in [1.807, 2.05) is 0 Å². The molecule has 0 aliphatic carbocycles. The summed E-state index contributed by atoms with van der Waals surface area (Å²) in [5.41, 5.74) is 11.1. The number of nitrogens with one attached hydrogen (secondary N) is 1. The second-order valence-corrected chi connectivity index (χ2v) is 3.43. The number of nitrogens with zero attached hydrogens (tertiary/aromatic N) is 1. The van der Waals surface area contributed by atoms with Crippen LogP contribution in [0.3, 0.4) is 0 Å². The van der Waals surface area contributed by atoms with Crippen LogP contribution in [0.2, 0.25) is 0 Å². The lowest BCUT2D eigenvalue weighted by atomic mass is 10.1. The summed E-state index contributed by atoms with van der Waals surface area (Å²) in [5.74, 6) is -0.510. The zero-order valence-electron chi connectivity index (χ0n) is 8.81. The Morgan fingerprint density at radius 1 is 1.29 bits per heavy atom. The van der Waals surface area contributed by atoms with Gasteiger partial charge in [-0.2, -0.15) is 0 Å². The Morgan fingerprint density at radius 2 is 2.00 bits per heavy atom. The van der Waals surface area contributed by atoms with E-state index in [1.54, 1.807) is 24.3 Å². The average molecular weight is 230 g/mol. The maximum Gasteiger partial charge on any atom is 0.264 e. The van der Waals surface area contributed by atoms with Gasteiger partial charge in [0.15, 0.2) is 0 Å². The van der Waals surface area contributed by atoms with Crippen LogP contribution in [0.1, 0.15) is 10.4 Å². The van der Waals surface area contributed by atoms with E-state index >= 15 is 0 Å². The summed E-state index contributed by atoms with van der Waals surface area (Å²) in [6.07, 6.45) is 1.14. The van der Waals surface area contributed by atoms with Gasteiger partial charge in [-0.15, -0.1) is 0 Å². The number of amides is 1. The molecule has 17 heavy (non-hydrogen) atoms. The highest BCUT2D eigenvalue weighted by molar-refractivity contribution is 5.92. The molecule has 86 valence electrons. The molecule has 0 atom stereocenters. The maximum absolute atomic E-state index is 11.5. The number of aromatic nitrogens is 2. The molecule has 2 rings (SSSR count). The molecule has 0 saturated carbocycles. The van der Waals surface area contributed by atoms with Crippen molar-refractivity contribution < 1.29 is 4.79 Å². The molecule has 0 aliphatic rings. The minimum atomic E-state index is -0.814. The highest BCUT2D eigenvalue weighted by Gasteiger charge is 2.10. The Labute approximate surface area is 96.3 Å². The van der Waals surface area contributed by atoms with Gasteiger partial charge < -0.3 is 16.5 Å². The Kier molecular flexibility index (Phi) is 2.61. The monoisotopic (exact) mass is 230 g/mol. The number of H-pyrrole nitrogens is 1. The summed E-state index contributed by atoms with van der Waals surface area (Å²) in [5, 5.41) is 0. The van der Waals surface area contributed by atoms with Crippen LogP contribution >= 0.6 is 0 Å². The number of para-hydroxylation sites is 1. The van der Waals surface area contributed by atoms with Crippen LogP contribution in [-0.2, 0) is 0 Å². The van der Waals surface area contributed by atoms with Crippen LogP contribution in [0.5, 0.6) is 0 Å². The molecule has 0 bridgehead atoms. The van der Waals surface area contributed by atoms with E-state index in [-0.39, 0.29) is 5.56 Å². The number of nitrogen functional groups attached to an aromatic ring is 1. The van der Waals surface area contributed by atoms with Crippen molar-refractivity contribution in [2.75, 3.05) is 5.73 Å². The summed E-state index contributed by atoms with van der Waals surface area (Å²) in [6, 6.07) is 6.96. The number of nitrogens with two attached hydrogens (primary N) is 2. The third-order valence-electron chi connectivity index (χ3n) is 2.28. The SMILES string of the molecule is NC(=O)c1cnc(-c2ccccc2N)[nH]c1=O. The van der Waals surface area contributed by atoms with Gasteiger partial charge in [-0.1, -0.05) is 12.1 Å². The minimum Gasteiger partial charge on any atom is -0.398 e. The molecular weight excluding hydrogens is 220 g/mol. The molecule has 0 spiro atoms. The van der Waals surface area contributed by atoms with Gasteiger partial charge in [0.1, 0.15) is 11.4 Å². The van der Waals surface area contributed by atoms with Crippen molar-refractivity contribution >= 4 is 11.6 Å². The molecule has 1 aromatic carbocycles. The van der Waals surface area contributed by atoms with Crippen LogP contribution in [0.25, 0.3) is 11.4 Å². The predicted molar refractivity (Wildman–Crippen MR) is 63.2 cm³/mol. The van der Waals surface area contributed by atoms with Gasteiger partial charge in [0.25, 0.3) is 11.5 Å². The van der Waals surface area contributed by atoms with Gasteiger partial charge in [0.2, 0.25) is 0 Å².